The molecule has 2 amide bonds. The van der Waals surface area contributed by atoms with E-state index in [2.05, 4.69) is 0 Å². The number of carboxylic acid groups (broad SMARTS) is 1. The van der Waals surface area contributed by atoms with Gasteiger partial charge in [-0.1, -0.05) is 30.7 Å². The van der Waals surface area contributed by atoms with Gasteiger partial charge in [-0.05, 0) is 67.9 Å². The van der Waals surface area contributed by atoms with Crippen LogP contribution in [-0.4, -0.2) is 45.4 Å². The van der Waals surface area contributed by atoms with E-state index in [4.69, 9.17) is 16.3 Å². The van der Waals surface area contributed by atoms with Gasteiger partial charge < -0.3 is 9.84 Å². The topological polar surface area (TPSA) is 106 Å². The molecule has 0 radical (unpaired) electrons. The van der Waals surface area contributed by atoms with Gasteiger partial charge in [0.1, 0.15) is 5.75 Å². The van der Waals surface area contributed by atoms with Crippen molar-refractivity contribution in [3.8, 4) is 5.75 Å². The number of ether oxygens (including phenoxy) is 1. The number of halogens is 1. The summed E-state index contributed by atoms with van der Waals surface area (Å²) in [5, 5.41) is 11.6. The number of aromatic nitrogens is 1. The lowest BCUT2D eigenvalue weighted by atomic mass is 9.83. The molecule has 0 bridgehead atoms. The molecule has 38 heavy (non-hydrogen) atoms. The number of rotatable bonds is 6. The Hall–Kier alpha value is -4.43. The van der Waals surface area contributed by atoms with Gasteiger partial charge in [-0.3, -0.25) is 23.9 Å². The number of imide groups is 1. The molecule has 1 atom stereocenters. The number of fused-ring (bicyclic) bond motifs is 2. The van der Waals surface area contributed by atoms with Crippen molar-refractivity contribution in [2.24, 2.45) is 0 Å². The molecule has 4 aromatic rings. The molecule has 5 rings (SSSR count). The third-order valence-corrected chi connectivity index (χ3v) is 7.41. The van der Waals surface area contributed by atoms with E-state index in [1.807, 2.05) is 0 Å². The number of aliphatic carboxylic acids is 1. The molecule has 3 aromatic carbocycles. The van der Waals surface area contributed by atoms with E-state index in [1.54, 1.807) is 68.4 Å². The fraction of sp³-hybridized carbons (Fsp3) is 0.172. The van der Waals surface area contributed by atoms with Crippen LogP contribution in [0.15, 0.2) is 66.7 Å². The normalized spacial score (nSPS) is 14.5. The summed E-state index contributed by atoms with van der Waals surface area (Å²) in [5.41, 5.74) is -0.649. The zero-order valence-corrected chi connectivity index (χ0v) is 21.6. The fourth-order valence-corrected chi connectivity index (χ4v) is 5.49. The summed E-state index contributed by atoms with van der Waals surface area (Å²) < 4.78 is 6.81. The molecular weight excluding hydrogens is 508 g/mol. The number of hydrogen-bond donors (Lipinski definition) is 1. The second-order valence-electron chi connectivity index (χ2n) is 9.00. The molecule has 1 unspecified atom stereocenters. The quantitative estimate of drug-likeness (QED) is 0.340. The van der Waals surface area contributed by atoms with Gasteiger partial charge in [-0.15, -0.1) is 0 Å². The highest BCUT2D eigenvalue weighted by Gasteiger charge is 2.56. The molecule has 1 aliphatic rings. The summed E-state index contributed by atoms with van der Waals surface area (Å²) in [7, 11) is 1.47. The molecule has 1 aromatic heterocycles. The lowest BCUT2D eigenvalue weighted by molar-refractivity contribution is -0.149. The number of hydrogen-bond acceptors (Lipinski definition) is 5. The van der Waals surface area contributed by atoms with Crippen molar-refractivity contribution in [2.45, 2.75) is 25.8 Å². The van der Waals surface area contributed by atoms with E-state index in [0.29, 0.717) is 27.2 Å². The Bertz CT molecular complexity index is 1620. The first-order chi connectivity index (χ1) is 18.2. The van der Waals surface area contributed by atoms with Crippen molar-refractivity contribution in [2.75, 3.05) is 7.11 Å². The van der Waals surface area contributed by atoms with Gasteiger partial charge in [-0.25, -0.2) is 4.79 Å². The number of carbonyl (C=O) groups excluding carboxylic acids is 3. The van der Waals surface area contributed by atoms with Crippen molar-refractivity contribution in [3.63, 3.8) is 0 Å². The van der Waals surface area contributed by atoms with E-state index in [0.717, 1.165) is 4.90 Å². The Kier molecular flexibility index (Phi) is 6.07. The Labute approximate surface area is 223 Å². The predicted octanol–water partition coefficient (Wildman–Crippen LogP) is 5.29. The molecule has 0 saturated carbocycles. The molecule has 1 aliphatic heterocycles. The van der Waals surface area contributed by atoms with Crippen LogP contribution in [0.5, 0.6) is 5.75 Å². The first kappa shape index (κ1) is 25.2. The van der Waals surface area contributed by atoms with Gasteiger partial charge in [0, 0.05) is 27.2 Å². The molecule has 2 heterocycles. The average Bonchev–Trinajstić information content (AvgIpc) is 3.35. The van der Waals surface area contributed by atoms with E-state index in [1.165, 1.54) is 23.8 Å². The molecule has 192 valence electrons. The summed E-state index contributed by atoms with van der Waals surface area (Å²) in [5.74, 6) is -2.80. The van der Waals surface area contributed by atoms with Crippen LogP contribution in [0, 0.1) is 6.92 Å². The molecule has 0 saturated heterocycles. The van der Waals surface area contributed by atoms with E-state index >= 15 is 0 Å². The Morgan fingerprint density at radius 3 is 2.11 bits per heavy atom. The minimum atomic E-state index is -2.10. The Balaban J connectivity index is 1.84. The highest BCUT2D eigenvalue weighted by Crippen LogP contribution is 2.45. The van der Waals surface area contributed by atoms with Crippen LogP contribution in [0.1, 0.15) is 55.7 Å². The van der Waals surface area contributed by atoms with Gasteiger partial charge >= 0.3 is 5.97 Å². The van der Waals surface area contributed by atoms with Crippen molar-refractivity contribution in [3.05, 3.63) is 99.7 Å². The second kappa shape index (κ2) is 9.15. The van der Waals surface area contributed by atoms with Gasteiger partial charge in [-0.2, -0.15) is 0 Å². The monoisotopic (exact) mass is 530 g/mol. The second-order valence-corrected chi connectivity index (χ2v) is 9.44. The molecule has 0 aliphatic carbocycles. The third kappa shape index (κ3) is 3.44. The highest BCUT2D eigenvalue weighted by molar-refractivity contribution is 6.30. The largest absolute Gasteiger partial charge is 0.497 e. The molecule has 9 heteroatoms. The number of nitrogens with zero attached hydrogens (tertiary/aromatic N) is 2. The van der Waals surface area contributed by atoms with Crippen molar-refractivity contribution < 1.29 is 29.0 Å². The van der Waals surface area contributed by atoms with Crippen LogP contribution in [0.2, 0.25) is 5.02 Å². The van der Waals surface area contributed by atoms with Gasteiger partial charge in [0.25, 0.3) is 17.7 Å². The van der Waals surface area contributed by atoms with E-state index in [-0.39, 0.29) is 28.8 Å². The Morgan fingerprint density at radius 1 is 0.974 bits per heavy atom. The van der Waals surface area contributed by atoms with Crippen LogP contribution >= 0.6 is 11.6 Å². The summed E-state index contributed by atoms with van der Waals surface area (Å²) in [4.78, 5) is 55.0. The lowest BCUT2D eigenvalue weighted by Gasteiger charge is -2.36. The van der Waals surface area contributed by atoms with Crippen LogP contribution in [0.4, 0.5) is 0 Å². The van der Waals surface area contributed by atoms with Gasteiger partial charge in [0.05, 0.1) is 23.8 Å². The zero-order chi connectivity index (χ0) is 27.4. The minimum absolute atomic E-state index is 0.132. The third-order valence-electron chi connectivity index (χ3n) is 7.16. The van der Waals surface area contributed by atoms with Crippen molar-refractivity contribution in [1.29, 1.82) is 0 Å². The molecule has 1 N–H and O–H groups in total. The van der Waals surface area contributed by atoms with Gasteiger partial charge in [0.2, 0.25) is 0 Å². The maximum Gasteiger partial charge on any atom is 0.334 e. The standard InChI is InChI=1S/C29H23ClN2O6/c1-4-29(28(36)37,32-26(34)20-7-5-6-8-21(20)27(32)35)24-16(2)31(23-14-13-19(38-3)15-22(23)24)25(33)17-9-11-18(30)12-10-17/h5-15H,4H2,1-3H3,(H,36,37). The maximum absolute atomic E-state index is 13.8. The predicted molar refractivity (Wildman–Crippen MR) is 141 cm³/mol. The van der Waals surface area contributed by atoms with Crippen LogP contribution in [-0.2, 0) is 10.3 Å². The number of carboxylic acids is 1. The number of methoxy groups -OCH3 is 1. The first-order valence-electron chi connectivity index (χ1n) is 11.9. The lowest BCUT2D eigenvalue weighted by Crippen LogP contribution is -2.54. The molecule has 0 fully saturated rings. The maximum atomic E-state index is 13.8. The van der Waals surface area contributed by atoms with E-state index in [9.17, 15) is 24.3 Å². The molecule has 0 spiro atoms. The highest BCUT2D eigenvalue weighted by atomic mass is 35.5. The summed E-state index contributed by atoms with van der Waals surface area (Å²) in [6.45, 7) is 3.21. The van der Waals surface area contributed by atoms with Crippen molar-refractivity contribution in [1.82, 2.24) is 9.47 Å². The SMILES string of the molecule is CCC(C(=O)O)(c1c(C)n(C(=O)c2ccc(Cl)cc2)c2ccc(OC)cc12)N1C(=O)c2ccccc2C1=O. The van der Waals surface area contributed by atoms with Crippen LogP contribution in [0.25, 0.3) is 10.9 Å². The Morgan fingerprint density at radius 2 is 1.58 bits per heavy atom. The summed E-state index contributed by atoms with van der Waals surface area (Å²) in [6.07, 6.45) is -0.139. The van der Waals surface area contributed by atoms with Crippen LogP contribution < -0.4 is 4.74 Å². The number of amides is 2. The minimum Gasteiger partial charge on any atom is -0.497 e. The number of carbonyl (C=O) groups is 4. The first-order valence-corrected chi connectivity index (χ1v) is 12.3. The van der Waals surface area contributed by atoms with Crippen molar-refractivity contribution >= 4 is 46.2 Å². The zero-order valence-electron chi connectivity index (χ0n) is 20.8. The van der Waals surface area contributed by atoms with Gasteiger partial charge in [0.15, 0.2) is 5.54 Å². The smallest absolute Gasteiger partial charge is 0.334 e. The van der Waals surface area contributed by atoms with Crippen LogP contribution in [0.3, 0.4) is 0 Å². The van der Waals surface area contributed by atoms with E-state index < -0.39 is 29.2 Å². The average molecular weight is 531 g/mol. The molecular formula is C29H23ClN2O6. The summed E-state index contributed by atoms with van der Waals surface area (Å²) >= 11 is 6.01. The summed E-state index contributed by atoms with van der Waals surface area (Å²) in [6, 6.07) is 17.5. The number of benzene rings is 3. The molecule has 8 nitrogen and oxygen atoms in total. The fourth-order valence-electron chi connectivity index (χ4n) is 5.37.